The van der Waals surface area contributed by atoms with Gasteiger partial charge < -0.3 is 15.4 Å². The van der Waals surface area contributed by atoms with Gasteiger partial charge in [-0.05, 0) is 82.7 Å². The zero-order valence-corrected chi connectivity index (χ0v) is 22.9. The highest BCUT2D eigenvalue weighted by Gasteiger charge is 2.15. The molecule has 0 atom stereocenters. The smallest absolute Gasteiger partial charge is 0.272 e. The van der Waals surface area contributed by atoms with Crippen LogP contribution >= 0.6 is 11.8 Å². The van der Waals surface area contributed by atoms with Crippen LogP contribution in [0.4, 0.5) is 5.69 Å². The monoisotopic (exact) mass is 562 g/mol. The molecule has 0 radical (unpaired) electrons. The van der Waals surface area contributed by atoms with E-state index in [9.17, 15) is 9.59 Å². The first-order valence-corrected chi connectivity index (χ1v) is 13.7. The van der Waals surface area contributed by atoms with Gasteiger partial charge in [-0.2, -0.15) is 4.68 Å². The Morgan fingerprint density at radius 2 is 1.56 bits per heavy atom. The maximum atomic E-state index is 13.3. The van der Waals surface area contributed by atoms with Crippen molar-refractivity contribution in [3.63, 3.8) is 0 Å². The molecule has 5 rings (SSSR count). The number of nitrogens with zero attached hydrogens (tertiary/aromatic N) is 4. The number of nitrogens with one attached hydrogen (secondary N) is 2. The number of amides is 2. The molecule has 2 N–H and O–H groups in total. The summed E-state index contributed by atoms with van der Waals surface area (Å²) in [6.45, 7) is 0. The van der Waals surface area contributed by atoms with E-state index in [1.54, 1.807) is 78.2 Å². The molecule has 0 saturated carbocycles. The molecule has 1 aromatic heterocycles. The largest absolute Gasteiger partial charge is 0.497 e. The molecule has 204 valence electrons. The minimum atomic E-state index is -0.451. The van der Waals surface area contributed by atoms with Crippen LogP contribution in [0.25, 0.3) is 11.8 Å². The van der Waals surface area contributed by atoms with E-state index in [2.05, 4.69) is 26.2 Å². The molecule has 2 amide bonds. The number of hydrogen-bond donors (Lipinski definition) is 2. The zero-order valence-electron chi connectivity index (χ0n) is 22.1. The lowest BCUT2D eigenvalue weighted by molar-refractivity contribution is -0.113. The Balaban J connectivity index is 1.27. The van der Waals surface area contributed by atoms with Gasteiger partial charge in [0.05, 0.1) is 18.6 Å². The molecule has 4 aromatic carbocycles. The minimum Gasteiger partial charge on any atom is -0.497 e. The summed E-state index contributed by atoms with van der Waals surface area (Å²) >= 11 is 1.58. The number of carbonyl (C=O) groups is 2. The molecule has 0 bridgehead atoms. The Morgan fingerprint density at radius 3 is 2.24 bits per heavy atom. The van der Waals surface area contributed by atoms with Crippen LogP contribution in [0.5, 0.6) is 5.75 Å². The van der Waals surface area contributed by atoms with Gasteiger partial charge in [-0.3, -0.25) is 9.59 Å². The summed E-state index contributed by atoms with van der Waals surface area (Å²) in [5.74, 6) is 1.14. The minimum absolute atomic E-state index is 0.107. The summed E-state index contributed by atoms with van der Waals surface area (Å²) in [5, 5.41) is 17.7. The van der Waals surface area contributed by atoms with Crippen molar-refractivity contribution in [2.75, 3.05) is 12.4 Å². The predicted octanol–water partition coefficient (Wildman–Crippen LogP) is 5.37. The average Bonchev–Trinajstić information content (AvgIpc) is 3.50. The number of rotatable bonds is 10. The fraction of sp³-hybridized carbons (Fsp3) is 0.0645. The van der Waals surface area contributed by atoms with E-state index < -0.39 is 5.91 Å². The third-order valence-electron chi connectivity index (χ3n) is 5.97. The van der Waals surface area contributed by atoms with Crippen LogP contribution in [0.15, 0.2) is 120 Å². The first kappa shape index (κ1) is 27.4. The van der Waals surface area contributed by atoms with E-state index in [4.69, 9.17) is 4.74 Å². The van der Waals surface area contributed by atoms with Gasteiger partial charge in [0.25, 0.3) is 11.8 Å². The van der Waals surface area contributed by atoms with Crippen LogP contribution in [0.2, 0.25) is 0 Å². The van der Waals surface area contributed by atoms with Crippen molar-refractivity contribution < 1.29 is 14.3 Å². The quantitative estimate of drug-likeness (QED) is 0.174. The van der Waals surface area contributed by atoms with Crippen molar-refractivity contribution in [1.29, 1.82) is 0 Å². The average molecular weight is 563 g/mol. The van der Waals surface area contributed by atoms with Crippen molar-refractivity contribution >= 4 is 35.3 Å². The first-order chi connectivity index (χ1) is 20.1. The number of carbonyl (C=O) groups excluding carboxylic acids is 2. The summed E-state index contributed by atoms with van der Waals surface area (Å²) in [5.41, 5.74) is 2.76. The molecular formula is C31H26N6O3S. The number of anilines is 1. The first-order valence-electron chi connectivity index (χ1n) is 12.7. The SMILES string of the molecule is COc1ccc(/C=C(\NC(=O)c2ccccc2)C(=O)Nc2ccc(SCc3nnnn3-c3ccccc3)cc2)cc1. The van der Waals surface area contributed by atoms with Gasteiger partial charge in [0, 0.05) is 16.1 Å². The summed E-state index contributed by atoms with van der Waals surface area (Å²) in [4.78, 5) is 27.1. The number of benzene rings is 4. The molecule has 1 heterocycles. The molecule has 5 aromatic rings. The lowest BCUT2D eigenvalue weighted by Crippen LogP contribution is -2.30. The third-order valence-corrected chi connectivity index (χ3v) is 6.98. The van der Waals surface area contributed by atoms with Gasteiger partial charge in [0.15, 0.2) is 5.82 Å². The molecule has 9 nitrogen and oxygen atoms in total. The Kier molecular flexibility index (Phi) is 8.82. The molecule has 0 saturated heterocycles. The van der Waals surface area contributed by atoms with Crippen LogP contribution in [-0.2, 0) is 10.5 Å². The standard InChI is InChI=1S/C31H26N6O3S/c1-40-26-16-12-22(13-17-26)20-28(33-30(38)23-8-4-2-5-9-23)31(39)32-24-14-18-27(19-15-24)41-21-29-34-35-36-37(29)25-10-6-3-7-11-25/h2-20H,21H2,1H3,(H,32,39)(H,33,38)/b28-20-. The Labute approximate surface area is 241 Å². The maximum Gasteiger partial charge on any atom is 0.272 e. The lowest BCUT2D eigenvalue weighted by atomic mass is 10.1. The van der Waals surface area contributed by atoms with E-state index in [1.165, 1.54) is 0 Å². The number of methoxy groups -OCH3 is 1. The van der Waals surface area contributed by atoms with Gasteiger partial charge in [-0.1, -0.05) is 48.5 Å². The maximum absolute atomic E-state index is 13.3. The number of tetrazole rings is 1. The molecular weight excluding hydrogens is 536 g/mol. The van der Waals surface area contributed by atoms with Gasteiger partial charge >= 0.3 is 0 Å². The van der Waals surface area contributed by atoms with E-state index in [0.29, 0.717) is 22.8 Å². The Bertz CT molecular complexity index is 1640. The van der Waals surface area contributed by atoms with Crippen LogP contribution in [0, 0.1) is 0 Å². The highest BCUT2D eigenvalue weighted by atomic mass is 32.2. The summed E-state index contributed by atoms with van der Waals surface area (Å²) in [6.07, 6.45) is 1.62. The van der Waals surface area contributed by atoms with Crippen LogP contribution in [-0.4, -0.2) is 39.1 Å². The molecule has 0 aliphatic heterocycles. The van der Waals surface area contributed by atoms with Gasteiger partial charge in [-0.15, -0.1) is 16.9 Å². The number of para-hydroxylation sites is 1. The van der Waals surface area contributed by atoms with Crippen molar-refractivity contribution in [3.05, 3.63) is 132 Å². The van der Waals surface area contributed by atoms with Crippen molar-refractivity contribution in [2.24, 2.45) is 0 Å². The zero-order chi connectivity index (χ0) is 28.4. The number of hydrogen-bond acceptors (Lipinski definition) is 7. The molecule has 0 unspecified atom stereocenters. The van der Waals surface area contributed by atoms with Gasteiger partial charge in [-0.25, -0.2) is 0 Å². The Morgan fingerprint density at radius 1 is 0.878 bits per heavy atom. The van der Waals surface area contributed by atoms with Crippen molar-refractivity contribution in [3.8, 4) is 11.4 Å². The van der Waals surface area contributed by atoms with Crippen LogP contribution in [0.1, 0.15) is 21.7 Å². The van der Waals surface area contributed by atoms with Crippen LogP contribution in [0.3, 0.4) is 0 Å². The fourth-order valence-corrected chi connectivity index (χ4v) is 4.66. The van der Waals surface area contributed by atoms with Gasteiger partial charge in [0.2, 0.25) is 0 Å². The normalized spacial score (nSPS) is 11.1. The fourth-order valence-electron chi connectivity index (χ4n) is 3.86. The topological polar surface area (TPSA) is 111 Å². The second-order valence-corrected chi connectivity index (χ2v) is 9.81. The van der Waals surface area contributed by atoms with Crippen LogP contribution < -0.4 is 15.4 Å². The molecule has 0 spiro atoms. The summed E-state index contributed by atoms with van der Waals surface area (Å²) in [7, 11) is 1.58. The second kappa shape index (κ2) is 13.2. The van der Waals surface area contributed by atoms with Gasteiger partial charge in [0.1, 0.15) is 11.4 Å². The number of aromatic nitrogens is 4. The molecule has 0 aliphatic carbocycles. The highest BCUT2D eigenvalue weighted by molar-refractivity contribution is 7.98. The van der Waals surface area contributed by atoms with E-state index in [-0.39, 0.29) is 11.6 Å². The molecule has 41 heavy (non-hydrogen) atoms. The third kappa shape index (κ3) is 7.25. The number of thioether (sulfide) groups is 1. The Hall–Kier alpha value is -5.22. The predicted molar refractivity (Wildman–Crippen MR) is 159 cm³/mol. The number of ether oxygens (including phenoxy) is 1. The molecule has 10 heteroatoms. The second-order valence-electron chi connectivity index (χ2n) is 8.76. The lowest BCUT2D eigenvalue weighted by Gasteiger charge is -2.12. The highest BCUT2D eigenvalue weighted by Crippen LogP contribution is 2.24. The summed E-state index contributed by atoms with van der Waals surface area (Å²) in [6, 6.07) is 33.1. The van der Waals surface area contributed by atoms with E-state index >= 15 is 0 Å². The summed E-state index contributed by atoms with van der Waals surface area (Å²) < 4.78 is 6.93. The van der Waals surface area contributed by atoms with E-state index in [1.807, 2.05) is 60.7 Å². The molecule has 0 aliphatic rings. The van der Waals surface area contributed by atoms with Crippen molar-refractivity contribution in [2.45, 2.75) is 10.6 Å². The van der Waals surface area contributed by atoms with Crippen molar-refractivity contribution in [1.82, 2.24) is 25.5 Å². The van der Waals surface area contributed by atoms with E-state index in [0.717, 1.165) is 22.0 Å². The molecule has 0 fully saturated rings.